The molecule has 0 saturated carbocycles. The van der Waals surface area contributed by atoms with Crippen molar-refractivity contribution in [2.24, 2.45) is 0 Å². The van der Waals surface area contributed by atoms with Gasteiger partial charge < -0.3 is 15.2 Å². The van der Waals surface area contributed by atoms with E-state index in [2.05, 4.69) is 22.2 Å². The number of halogens is 1. The first-order chi connectivity index (χ1) is 8.95. The van der Waals surface area contributed by atoms with E-state index in [1.54, 1.807) is 19.0 Å². The quantitative estimate of drug-likeness (QED) is 0.806. The minimum atomic E-state index is -0.242. The molecule has 19 heavy (non-hydrogen) atoms. The van der Waals surface area contributed by atoms with Gasteiger partial charge in [0.1, 0.15) is 5.82 Å². The van der Waals surface area contributed by atoms with E-state index in [0.717, 1.165) is 30.8 Å². The lowest BCUT2D eigenvalue weighted by Gasteiger charge is -2.17. The highest BCUT2D eigenvalue weighted by Gasteiger charge is 2.15. The van der Waals surface area contributed by atoms with Crippen LogP contribution in [-0.4, -0.2) is 40.9 Å². The van der Waals surface area contributed by atoms with Crippen molar-refractivity contribution < 1.29 is 4.79 Å². The molecular formula is C13H23ClN4O. The second-order valence-electron chi connectivity index (χ2n) is 4.89. The smallest absolute Gasteiger partial charge is 0.238 e. The molecule has 1 aromatic rings. The summed E-state index contributed by atoms with van der Waals surface area (Å²) in [7, 11) is 3.49. The van der Waals surface area contributed by atoms with Crippen LogP contribution in [0.2, 0.25) is 5.15 Å². The number of unbranched alkanes of at least 4 members (excludes halogenated alkanes) is 1. The third-order valence-electron chi connectivity index (χ3n) is 2.94. The fourth-order valence-electron chi connectivity index (χ4n) is 1.75. The average molecular weight is 287 g/mol. The van der Waals surface area contributed by atoms with Gasteiger partial charge in [-0.3, -0.25) is 4.79 Å². The van der Waals surface area contributed by atoms with E-state index in [0.29, 0.717) is 11.7 Å². The summed E-state index contributed by atoms with van der Waals surface area (Å²) < 4.78 is 0. The Morgan fingerprint density at radius 2 is 2.21 bits per heavy atom. The van der Waals surface area contributed by atoms with Crippen molar-refractivity contribution >= 4 is 17.5 Å². The predicted molar refractivity (Wildman–Crippen MR) is 77.2 cm³/mol. The van der Waals surface area contributed by atoms with Gasteiger partial charge in [0.25, 0.3) is 0 Å². The number of aryl methyl sites for hydroxylation is 1. The van der Waals surface area contributed by atoms with E-state index in [1.807, 2.05) is 6.92 Å². The zero-order valence-corrected chi connectivity index (χ0v) is 12.8. The first kappa shape index (κ1) is 16.0. The Bertz CT molecular complexity index is 417. The van der Waals surface area contributed by atoms with Crippen LogP contribution in [0, 0.1) is 0 Å². The largest absolute Gasteiger partial charge is 0.347 e. The van der Waals surface area contributed by atoms with Crippen molar-refractivity contribution in [1.29, 1.82) is 0 Å². The summed E-state index contributed by atoms with van der Waals surface area (Å²) >= 11 is 6.07. The van der Waals surface area contributed by atoms with Gasteiger partial charge >= 0.3 is 0 Å². The van der Waals surface area contributed by atoms with Gasteiger partial charge in [-0.25, -0.2) is 4.98 Å². The number of aromatic amines is 1. The van der Waals surface area contributed by atoms with Crippen LogP contribution in [0.25, 0.3) is 0 Å². The molecular weight excluding hydrogens is 264 g/mol. The highest BCUT2D eigenvalue weighted by Crippen LogP contribution is 2.14. The van der Waals surface area contributed by atoms with Gasteiger partial charge in [0, 0.05) is 27.1 Å². The molecule has 0 bridgehead atoms. The fraction of sp³-hybridized carbons (Fsp3) is 0.692. The summed E-state index contributed by atoms with van der Waals surface area (Å²) in [6, 6.07) is -0.242. The highest BCUT2D eigenvalue weighted by molar-refractivity contribution is 6.30. The van der Waals surface area contributed by atoms with E-state index in [9.17, 15) is 4.79 Å². The van der Waals surface area contributed by atoms with Crippen LogP contribution in [-0.2, 0) is 17.8 Å². The minimum Gasteiger partial charge on any atom is -0.347 e. The Morgan fingerprint density at radius 3 is 2.79 bits per heavy atom. The molecule has 0 aliphatic rings. The molecule has 6 heteroatoms. The van der Waals surface area contributed by atoms with Gasteiger partial charge in [-0.15, -0.1) is 0 Å². The molecule has 1 amide bonds. The van der Waals surface area contributed by atoms with E-state index < -0.39 is 0 Å². The number of carbonyl (C=O) groups is 1. The maximum Gasteiger partial charge on any atom is 0.238 e. The van der Waals surface area contributed by atoms with Gasteiger partial charge in [0.2, 0.25) is 5.91 Å². The molecule has 0 fully saturated rings. The van der Waals surface area contributed by atoms with Crippen LogP contribution in [0.15, 0.2) is 0 Å². The second-order valence-corrected chi connectivity index (χ2v) is 5.25. The monoisotopic (exact) mass is 286 g/mol. The molecule has 0 aliphatic heterocycles. The number of nitrogens with one attached hydrogen (secondary N) is 2. The summed E-state index contributed by atoms with van der Waals surface area (Å²) in [6.07, 6.45) is 3.12. The zero-order valence-electron chi connectivity index (χ0n) is 12.1. The number of rotatable bonds is 7. The number of aromatic nitrogens is 2. The normalized spacial score (nSPS) is 12.5. The van der Waals surface area contributed by atoms with Crippen LogP contribution < -0.4 is 5.32 Å². The lowest BCUT2D eigenvalue weighted by Crippen LogP contribution is -2.41. The van der Waals surface area contributed by atoms with Gasteiger partial charge in [0.15, 0.2) is 5.15 Å². The zero-order chi connectivity index (χ0) is 14.4. The standard InChI is InChI=1S/C13H23ClN4O/c1-5-6-7-11-16-10(12(14)17-11)8-15-9(2)13(19)18(3)4/h9,15H,5-8H2,1-4H3,(H,16,17). The maximum absolute atomic E-state index is 11.7. The minimum absolute atomic E-state index is 0.0434. The fourth-order valence-corrected chi connectivity index (χ4v) is 1.97. The molecule has 0 saturated heterocycles. The third-order valence-corrected chi connectivity index (χ3v) is 3.25. The molecule has 1 aromatic heterocycles. The maximum atomic E-state index is 11.7. The number of H-pyrrole nitrogens is 1. The van der Waals surface area contributed by atoms with Gasteiger partial charge in [0.05, 0.1) is 11.7 Å². The number of nitrogens with zero attached hydrogens (tertiary/aromatic N) is 2. The highest BCUT2D eigenvalue weighted by atomic mass is 35.5. The summed E-state index contributed by atoms with van der Waals surface area (Å²) in [6.45, 7) is 4.49. The molecule has 1 unspecified atom stereocenters. The molecule has 1 rings (SSSR count). The van der Waals surface area contributed by atoms with E-state index in [4.69, 9.17) is 11.6 Å². The lowest BCUT2D eigenvalue weighted by atomic mass is 10.2. The molecule has 1 heterocycles. The molecule has 0 aliphatic carbocycles. The summed E-state index contributed by atoms with van der Waals surface area (Å²) in [5.74, 6) is 0.956. The third kappa shape index (κ3) is 4.84. The molecule has 5 nitrogen and oxygen atoms in total. The van der Waals surface area contributed by atoms with E-state index in [-0.39, 0.29) is 11.9 Å². The SMILES string of the molecule is CCCCc1nc(Cl)c(CNC(C)C(=O)N(C)C)[nH]1. The van der Waals surface area contributed by atoms with Crippen molar-refractivity contribution in [3.63, 3.8) is 0 Å². The van der Waals surface area contributed by atoms with Crippen molar-refractivity contribution in [2.45, 2.75) is 45.7 Å². The number of hydrogen-bond acceptors (Lipinski definition) is 3. The topological polar surface area (TPSA) is 61.0 Å². The van der Waals surface area contributed by atoms with Gasteiger partial charge in [-0.1, -0.05) is 24.9 Å². The Labute approximate surface area is 119 Å². The van der Waals surface area contributed by atoms with Crippen molar-refractivity contribution in [1.82, 2.24) is 20.2 Å². The van der Waals surface area contributed by atoms with Crippen LogP contribution in [0.5, 0.6) is 0 Å². The van der Waals surface area contributed by atoms with Crippen LogP contribution >= 0.6 is 11.6 Å². The summed E-state index contributed by atoms with van der Waals surface area (Å²) in [5.41, 5.74) is 0.839. The van der Waals surface area contributed by atoms with Crippen LogP contribution in [0.4, 0.5) is 0 Å². The van der Waals surface area contributed by atoms with Gasteiger partial charge in [-0.2, -0.15) is 0 Å². The molecule has 1 atom stereocenters. The Kier molecular flexibility index (Phi) is 6.31. The number of amides is 1. The Balaban J connectivity index is 2.53. The predicted octanol–water partition coefficient (Wildman–Crippen LogP) is 1.97. The first-order valence-electron chi connectivity index (χ1n) is 6.63. The number of imidazole rings is 1. The molecule has 2 N–H and O–H groups in total. The van der Waals surface area contributed by atoms with Crippen molar-refractivity contribution in [3.05, 3.63) is 16.7 Å². The van der Waals surface area contributed by atoms with E-state index in [1.165, 1.54) is 0 Å². The van der Waals surface area contributed by atoms with Crippen LogP contribution in [0.1, 0.15) is 38.2 Å². The second kappa shape index (κ2) is 7.50. The van der Waals surface area contributed by atoms with Crippen molar-refractivity contribution in [3.8, 4) is 0 Å². The molecule has 0 radical (unpaired) electrons. The number of hydrogen-bond donors (Lipinski definition) is 2. The average Bonchev–Trinajstić information content (AvgIpc) is 2.73. The Hall–Kier alpha value is -1.07. The molecule has 0 spiro atoms. The number of carbonyl (C=O) groups excluding carboxylic acids is 1. The molecule has 0 aromatic carbocycles. The molecule has 108 valence electrons. The van der Waals surface area contributed by atoms with E-state index >= 15 is 0 Å². The van der Waals surface area contributed by atoms with Crippen molar-refractivity contribution in [2.75, 3.05) is 14.1 Å². The van der Waals surface area contributed by atoms with Crippen LogP contribution in [0.3, 0.4) is 0 Å². The summed E-state index contributed by atoms with van der Waals surface area (Å²) in [4.78, 5) is 20.8. The Morgan fingerprint density at radius 1 is 1.53 bits per heavy atom. The summed E-state index contributed by atoms with van der Waals surface area (Å²) in [5, 5.41) is 3.63. The lowest BCUT2D eigenvalue weighted by molar-refractivity contribution is -0.130. The van der Waals surface area contributed by atoms with Gasteiger partial charge in [-0.05, 0) is 13.3 Å². The number of likely N-dealkylation sites (N-methyl/N-ethyl adjacent to an activating group) is 1. The first-order valence-corrected chi connectivity index (χ1v) is 7.01.